The first-order chi connectivity index (χ1) is 7.57. The van der Waals surface area contributed by atoms with Gasteiger partial charge in [0.1, 0.15) is 4.90 Å². The number of rotatable bonds is 4. The Hall–Kier alpha value is -1.18. The summed E-state index contributed by atoms with van der Waals surface area (Å²) < 4.78 is 25.7. The standard InChI is InChI=1S/C9H14N4O2S/c1-13(7-2-3-7)16(14,15)9-6-11-5-4-8(9)12-10/h4-7H,2-3,10H2,1H3,(H,11,12). The Morgan fingerprint density at radius 2 is 2.25 bits per heavy atom. The minimum absolute atomic E-state index is 0.118. The molecule has 0 aliphatic heterocycles. The first-order valence-corrected chi connectivity index (χ1v) is 6.40. The van der Waals surface area contributed by atoms with E-state index >= 15 is 0 Å². The van der Waals surface area contributed by atoms with E-state index in [0.717, 1.165) is 12.8 Å². The molecule has 1 aromatic rings. The molecule has 7 heteroatoms. The number of nitrogen functional groups attached to an aromatic ring is 1. The van der Waals surface area contributed by atoms with E-state index in [-0.39, 0.29) is 10.9 Å². The van der Waals surface area contributed by atoms with E-state index < -0.39 is 10.0 Å². The monoisotopic (exact) mass is 242 g/mol. The highest BCUT2D eigenvalue weighted by Crippen LogP contribution is 2.32. The van der Waals surface area contributed by atoms with Crippen LogP contribution in [0.2, 0.25) is 0 Å². The number of anilines is 1. The summed E-state index contributed by atoms with van der Waals surface area (Å²) in [5, 5.41) is 0. The van der Waals surface area contributed by atoms with E-state index in [1.807, 2.05) is 0 Å². The van der Waals surface area contributed by atoms with E-state index in [4.69, 9.17) is 5.84 Å². The molecule has 16 heavy (non-hydrogen) atoms. The van der Waals surface area contributed by atoms with Crippen LogP contribution >= 0.6 is 0 Å². The Morgan fingerprint density at radius 3 is 2.81 bits per heavy atom. The molecule has 3 N–H and O–H groups in total. The Balaban J connectivity index is 2.41. The molecule has 0 unspecified atom stereocenters. The van der Waals surface area contributed by atoms with Crippen LogP contribution in [0.3, 0.4) is 0 Å². The highest BCUT2D eigenvalue weighted by molar-refractivity contribution is 7.89. The molecule has 88 valence electrons. The smallest absolute Gasteiger partial charge is 0.246 e. The number of aromatic nitrogens is 1. The molecule has 0 bridgehead atoms. The predicted octanol–water partition coefficient (Wildman–Crippen LogP) is 0.150. The molecule has 1 fully saturated rings. The minimum atomic E-state index is -3.49. The largest absolute Gasteiger partial charge is 0.323 e. The molecular formula is C9H14N4O2S. The fraction of sp³-hybridized carbons (Fsp3) is 0.444. The fourth-order valence-corrected chi connectivity index (χ4v) is 3.01. The van der Waals surface area contributed by atoms with Gasteiger partial charge in [-0.2, -0.15) is 4.31 Å². The average molecular weight is 242 g/mol. The molecular weight excluding hydrogens is 228 g/mol. The Labute approximate surface area is 94.5 Å². The molecule has 0 radical (unpaired) electrons. The second kappa shape index (κ2) is 4.00. The first-order valence-electron chi connectivity index (χ1n) is 4.96. The van der Waals surface area contributed by atoms with Crippen molar-refractivity contribution in [2.24, 2.45) is 5.84 Å². The van der Waals surface area contributed by atoms with Gasteiger partial charge in [-0.15, -0.1) is 0 Å². The maximum atomic E-state index is 12.2. The lowest BCUT2D eigenvalue weighted by atomic mass is 10.4. The Bertz CT molecular complexity index is 484. The average Bonchev–Trinajstić information content (AvgIpc) is 3.11. The molecule has 0 saturated heterocycles. The van der Waals surface area contributed by atoms with Crippen LogP contribution in [0, 0.1) is 0 Å². The van der Waals surface area contributed by atoms with Gasteiger partial charge in [-0.25, -0.2) is 8.42 Å². The Morgan fingerprint density at radius 1 is 1.56 bits per heavy atom. The third-order valence-corrected chi connectivity index (χ3v) is 4.60. The summed E-state index contributed by atoms with van der Waals surface area (Å²) >= 11 is 0. The summed E-state index contributed by atoms with van der Waals surface area (Å²) in [6, 6.07) is 1.66. The number of sulfonamides is 1. The molecule has 1 aliphatic rings. The van der Waals surface area contributed by atoms with Crippen molar-refractivity contribution in [3.05, 3.63) is 18.5 Å². The van der Waals surface area contributed by atoms with Crippen LogP contribution in [-0.2, 0) is 10.0 Å². The third kappa shape index (κ3) is 1.89. The molecule has 0 atom stereocenters. The second-order valence-corrected chi connectivity index (χ2v) is 5.73. The molecule has 0 amide bonds. The zero-order valence-corrected chi connectivity index (χ0v) is 9.74. The van der Waals surface area contributed by atoms with E-state index in [9.17, 15) is 8.42 Å². The van der Waals surface area contributed by atoms with Crippen molar-refractivity contribution in [3.8, 4) is 0 Å². The third-order valence-electron chi connectivity index (χ3n) is 2.66. The van der Waals surface area contributed by atoms with Gasteiger partial charge in [0.05, 0.1) is 5.69 Å². The van der Waals surface area contributed by atoms with Gasteiger partial charge in [-0.3, -0.25) is 10.8 Å². The molecule has 2 rings (SSSR count). The zero-order chi connectivity index (χ0) is 11.8. The van der Waals surface area contributed by atoms with Crippen LogP contribution < -0.4 is 11.3 Å². The van der Waals surface area contributed by atoms with Gasteiger partial charge in [0, 0.05) is 25.5 Å². The van der Waals surface area contributed by atoms with Crippen molar-refractivity contribution in [3.63, 3.8) is 0 Å². The quantitative estimate of drug-likeness (QED) is 0.579. The van der Waals surface area contributed by atoms with E-state index in [1.54, 1.807) is 7.05 Å². The van der Waals surface area contributed by atoms with E-state index in [0.29, 0.717) is 5.69 Å². The predicted molar refractivity (Wildman–Crippen MR) is 60.0 cm³/mol. The number of hydrazine groups is 1. The second-order valence-electron chi connectivity index (χ2n) is 3.77. The van der Waals surface area contributed by atoms with Crippen molar-refractivity contribution in [1.82, 2.24) is 9.29 Å². The molecule has 1 aliphatic carbocycles. The highest BCUT2D eigenvalue weighted by Gasteiger charge is 2.36. The van der Waals surface area contributed by atoms with Crippen molar-refractivity contribution in [2.45, 2.75) is 23.8 Å². The maximum absolute atomic E-state index is 12.2. The van der Waals surface area contributed by atoms with Gasteiger partial charge in [0.15, 0.2) is 0 Å². The van der Waals surface area contributed by atoms with Crippen molar-refractivity contribution in [1.29, 1.82) is 0 Å². The number of pyridine rings is 1. The van der Waals surface area contributed by atoms with E-state index in [1.165, 1.54) is 22.8 Å². The van der Waals surface area contributed by atoms with Gasteiger partial charge >= 0.3 is 0 Å². The number of hydrogen-bond acceptors (Lipinski definition) is 5. The normalized spacial score (nSPS) is 16.4. The van der Waals surface area contributed by atoms with Crippen LogP contribution in [0.15, 0.2) is 23.4 Å². The summed E-state index contributed by atoms with van der Waals surface area (Å²) in [6.45, 7) is 0. The topological polar surface area (TPSA) is 88.3 Å². The number of nitrogens with two attached hydrogens (primary N) is 1. The van der Waals surface area contributed by atoms with Gasteiger partial charge in [0.25, 0.3) is 0 Å². The van der Waals surface area contributed by atoms with Crippen LogP contribution in [0.25, 0.3) is 0 Å². The number of nitrogens with zero attached hydrogens (tertiary/aromatic N) is 2. The van der Waals surface area contributed by atoms with Crippen LogP contribution in [0.5, 0.6) is 0 Å². The fourth-order valence-electron chi connectivity index (χ4n) is 1.49. The molecule has 1 aromatic heterocycles. The Kier molecular flexibility index (Phi) is 2.83. The van der Waals surface area contributed by atoms with Gasteiger partial charge in [0.2, 0.25) is 10.0 Å². The summed E-state index contributed by atoms with van der Waals surface area (Å²) in [6.07, 6.45) is 4.64. The summed E-state index contributed by atoms with van der Waals surface area (Å²) in [7, 11) is -1.91. The van der Waals surface area contributed by atoms with Crippen LogP contribution in [0.1, 0.15) is 12.8 Å². The molecule has 1 heterocycles. The minimum Gasteiger partial charge on any atom is -0.323 e. The van der Waals surface area contributed by atoms with Gasteiger partial charge < -0.3 is 5.43 Å². The molecule has 0 spiro atoms. The van der Waals surface area contributed by atoms with Gasteiger partial charge in [-0.05, 0) is 18.9 Å². The van der Waals surface area contributed by atoms with Crippen molar-refractivity contribution >= 4 is 15.7 Å². The SMILES string of the molecule is CN(C1CC1)S(=O)(=O)c1cnccc1NN. The summed E-state index contributed by atoms with van der Waals surface area (Å²) in [5.74, 6) is 5.28. The molecule has 6 nitrogen and oxygen atoms in total. The highest BCUT2D eigenvalue weighted by atomic mass is 32.2. The molecule has 0 aromatic carbocycles. The summed E-state index contributed by atoms with van der Waals surface area (Å²) in [4.78, 5) is 3.94. The van der Waals surface area contributed by atoms with Crippen molar-refractivity contribution < 1.29 is 8.42 Å². The van der Waals surface area contributed by atoms with Crippen LogP contribution in [-0.4, -0.2) is 30.8 Å². The number of nitrogens with one attached hydrogen (secondary N) is 1. The van der Waals surface area contributed by atoms with E-state index in [2.05, 4.69) is 10.4 Å². The number of hydrogen-bond donors (Lipinski definition) is 2. The summed E-state index contributed by atoms with van der Waals surface area (Å²) in [5.41, 5.74) is 2.73. The van der Waals surface area contributed by atoms with Crippen LogP contribution in [0.4, 0.5) is 5.69 Å². The zero-order valence-electron chi connectivity index (χ0n) is 8.92. The first kappa shape index (κ1) is 11.3. The lowest BCUT2D eigenvalue weighted by Gasteiger charge is -2.17. The van der Waals surface area contributed by atoms with Crippen molar-refractivity contribution in [2.75, 3.05) is 12.5 Å². The lowest BCUT2D eigenvalue weighted by molar-refractivity contribution is 0.464. The molecule has 1 saturated carbocycles. The maximum Gasteiger partial charge on any atom is 0.246 e. The lowest BCUT2D eigenvalue weighted by Crippen LogP contribution is -2.30. The van der Waals surface area contributed by atoms with Gasteiger partial charge in [-0.1, -0.05) is 0 Å².